The van der Waals surface area contributed by atoms with Gasteiger partial charge in [-0.3, -0.25) is 37.3 Å². The largest absolute Gasteiger partial charge is 0.472 e. The zero-order valence-electron chi connectivity index (χ0n) is 60.2. The van der Waals surface area contributed by atoms with Crippen LogP contribution in [0.1, 0.15) is 394 Å². The molecule has 93 heavy (non-hydrogen) atoms. The van der Waals surface area contributed by atoms with Crippen molar-refractivity contribution >= 4 is 39.5 Å². The fraction of sp³-hybridized carbons (Fsp3) is 0.946. The van der Waals surface area contributed by atoms with E-state index in [1.165, 1.54) is 218 Å². The number of carbonyl (C=O) groups is 4. The predicted octanol–water partition coefficient (Wildman–Crippen LogP) is 21.8. The van der Waals surface area contributed by atoms with Crippen LogP contribution >= 0.6 is 15.6 Å². The first kappa shape index (κ1) is 91.1. The molecule has 0 spiro atoms. The zero-order chi connectivity index (χ0) is 68.2. The lowest BCUT2D eigenvalue weighted by atomic mass is 10.0. The molecule has 0 bridgehead atoms. The number of aliphatic hydroxyl groups excluding tert-OH is 1. The van der Waals surface area contributed by atoms with Crippen LogP contribution in [-0.2, 0) is 65.4 Å². The van der Waals surface area contributed by atoms with Gasteiger partial charge in [-0.25, -0.2) is 9.13 Å². The Hall–Kier alpha value is -1.94. The van der Waals surface area contributed by atoms with Crippen molar-refractivity contribution < 1.29 is 80.2 Å². The molecule has 3 N–H and O–H groups in total. The highest BCUT2D eigenvalue weighted by molar-refractivity contribution is 7.47. The first-order valence-electron chi connectivity index (χ1n) is 38.8. The molecule has 0 saturated carbocycles. The van der Waals surface area contributed by atoms with E-state index < -0.39 is 97.5 Å². The van der Waals surface area contributed by atoms with E-state index in [0.29, 0.717) is 25.7 Å². The fourth-order valence-electron chi connectivity index (χ4n) is 11.4. The minimum Gasteiger partial charge on any atom is -0.462 e. The number of rotatable bonds is 75. The SMILES string of the molecule is CCCCCCCCCCCCCCCCCCCCC(=O)OC[C@H](COP(=O)(O)OC[C@@H](O)COP(=O)(O)OC[C@@H](COC(=O)CCCCCCC)OC(=O)CCCCCCCCCCCCCC)OC(=O)CCCCCCCCCCCCCCCCCCCC. The summed E-state index contributed by atoms with van der Waals surface area (Å²) in [7, 11) is -9.89. The third kappa shape index (κ3) is 68.4. The van der Waals surface area contributed by atoms with Gasteiger partial charge in [-0.1, -0.05) is 342 Å². The Bertz CT molecular complexity index is 1770. The molecule has 0 fully saturated rings. The van der Waals surface area contributed by atoms with E-state index in [1.807, 2.05) is 0 Å². The number of hydrogen-bond donors (Lipinski definition) is 3. The predicted molar refractivity (Wildman–Crippen MR) is 377 cm³/mol. The van der Waals surface area contributed by atoms with Crippen LogP contribution in [0, 0.1) is 0 Å². The van der Waals surface area contributed by atoms with Gasteiger partial charge in [0.2, 0.25) is 0 Å². The second-order valence-electron chi connectivity index (χ2n) is 26.7. The van der Waals surface area contributed by atoms with Crippen molar-refractivity contribution in [2.45, 2.75) is 412 Å². The topological polar surface area (TPSA) is 237 Å². The van der Waals surface area contributed by atoms with E-state index in [-0.39, 0.29) is 25.7 Å². The molecule has 0 aliphatic heterocycles. The zero-order valence-corrected chi connectivity index (χ0v) is 62.0. The molecule has 0 aliphatic rings. The lowest BCUT2D eigenvalue weighted by molar-refractivity contribution is -0.161. The Morgan fingerprint density at radius 1 is 0.258 bits per heavy atom. The van der Waals surface area contributed by atoms with Crippen molar-refractivity contribution in [1.29, 1.82) is 0 Å². The smallest absolute Gasteiger partial charge is 0.462 e. The summed E-state index contributed by atoms with van der Waals surface area (Å²) in [4.78, 5) is 72.4. The molecule has 0 aromatic rings. The van der Waals surface area contributed by atoms with Crippen LogP contribution < -0.4 is 0 Å². The number of unbranched alkanes of at least 4 members (excludes halogenated alkanes) is 49. The first-order valence-corrected chi connectivity index (χ1v) is 41.8. The van der Waals surface area contributed by atoms with Gasteiger partial charge in [0.05, 0.1) is 26.4 Å². The molecular weight excluding hydrogens is 1220 g/mol. The van der Waals surface area contributed by atoms with E-state index in [1.54, 1.807) is 0 Å². The summed E-state index contributed by atoms with van der Waals surface area (Å²) in [6.07, 6.45) is 58.7. The third-order valence-corrected chi connectivity index (χ3v) is 19.3. The van der Waals surface area contributed by atoms with Gasteiger partial charge in [0.1, 0.15) is 19.3 Å². The van der Waals surface area contributed by atoms with Gasteiger partial charge < -0.3 is 33.8 Å². The van der Waals surface area contributed by atoms with Crippen LogP contribution in [0.15, 0.2) is 0 Å². The van der Waals surface area contributed by atoms with Crippen LogP contribution in [0.3, 0.4) is 0 Å². The molecule has 0 heterocycles. The van der Waals surface area contributed by atoms with Crippen molar-refractivity contribution in [1.82, 2.24) is 0 Å². The van der Waals surface area contributed by atoms with E-state index in [2.05, 4.69) is 27.7 Å². The monoisotopic (exact) mass is 1370 g/mol. The van der Waals surface area contributed by atoms with Gasteiger partial charge in [0.25, 0.3) is 0 Å². The standard InChI is InChI=1S/C74H144O17P2/c1-5-9-13-17-20-23-26-29-31-33-35-37-39-42-44-47-51-55-59-72(77)85-65-70(91-74(79)61-57-53-49-46-43-40-38-36-34-32-30-27-24-21-18-14-10-6-2)67-89-93(82,83)87-63-68(75)62-86-92(80,81)88-66-69(64-84-71(76)58-54-50-16-12-8-4)90-73(78)60-56-52-48-45-41-28-25-22-19-15-11-7-3/h68-70,75H,5-67H2,1-4H3,(H,80,81)(H,82,83)/t68-,69+,70+/m0/s1. The van der Waals surface area contributed by atoms with Gasteiger partial charge in [-0.15, -0.1) is 0 Å². The molecule has 19 heteroatoms. The normalized spacial score (nSPS) is 13.9. The maximum Gasteiger partial charge on any atom is 0.472 e. The fourth-order valence-corrected chi connectivity index (χ4v) is 13.0. The van der Waals surface area contributed by atoms with Crippen molar-refractivity contribution in [2.24, 2.45) is 0 Å². The molecule has 0 radical (unpaired) electrons. The van der Waals surface area contributed by atoms with E-state index in [4.69, 9.17) is 37.0 Å². The molecule has 0 saturated heterocycles. The summed E-state index contributed by atoms with van der Waals surface area (Å²) < 4.78 is 68.2. The Morgan fingerprint density at radius 2 is 0.430 bits per heavy atom. The molecule has 5 atom stereocenters. The van der Waals surface area contributed by atoms with E-state index >= 15 is 0 Å². The van der Waals surface area contributed by atoms with Crippen molar-refractivity contribution in [3.05, 3.63) is 0 Å². The molecule has 0 aromatic carbocycles. The highest BCUT2D eigenvalue weighted by atomic mass is 31.2. The van der Waals surface area contributed by atoms with Crippen molar-refractivity contribution in [3.63, 3.8) is 0 Å². The summed E-state index contributed by atoms with van der Waals surface area (Å²) >= 11 is 0. The highest BCUT2D eigenvalue weighted by Crippen LogP contribution is 2.45. The molecular formula is C74H144O17P2. The lowest BCUT2D eigenvalue weighted by Gasteiger charge is -2.21. The Balaban J connectivity index is 5.13. The van der Waals surface area contributed by atoms with Crippen LogP contribution in [-0.4, -0.2) is 96.7 Å². The molecule has 0 rings (SSSR count). The molecule has 0 amide bonds. The summed E-state index contributed by atoms with van der Waals surface area (Å²) in [6, 6.07) is 0. The number of hydrogen-bond acceptors (Lipinski definition) is 15. The van der Waals surface area contributed by atoms with Gasteiger partial charge in [0.15, 0.2) is 12.2 Å². The number of phosphoric acid groups is 2. The summed E-state index contributed by atoms with van der Waals surface area (Å²) in [5.41, 5.74) is 0. The molecule has 17 nitrogen and oxygen atoms in total. The van der Waals surface area contributed by atoms with Crippen molar-refractivity contribution in [2.75, 3.05) is 39.6 Å². The second-order valence-corrected chi connectivity index (χ2v) is 29.6. The molecule has 0 aromatic heterocycles. The minimum absolute atomic E-state index is 0.107. The van der Waals surface area contributed by atoms with Crippen LogP contribution in [0.5, 0.6) is 0 Å². The number of aliphatic hydroxyl groups is 1. The lowest BCUT2D eigenvalue weighted by Crippen LogP contribution is -2.30. The Morgan fingerprint density at radius 3 is 0.634 bits per heavy atom. The summed E-state index contributed by atoms with van der Waals surface area (Å²) in [5.74, 6) is -2.13. The third-order valence-electron chi connectivity index (χ3n) is 17.4. The Labute approximate surface area is 568 Å². The maximum atomic E-state index is 13.1. The first-order chi connectivity index (χ1) is 45.2. The second kappa shape index (κ2) is 68.6. The number of esters is 4. The number of carbonyl (C=O) groups excluding carboxylic acids is 4. The molecule has 0 aliphatic carbocycles. The minimum atomic E-state index is -4.95. The highest BCUT2D eigenvalue weighted by Gasteiger charge is 2.30. The number of phosphoric ester groups is 2. The van der Waals surface area contributed by atoms with Gasteiger partial charge in [-0.2, -0.15) is 0 Å². The van der Waals surface area contributed by atoms with Crippen LogP contribution in [0.2, 0.25) is 0 Å². The van der Waals surface area contributed by atoms with Gasteiger partial charge in [0, 0.05) is 25.7 Å². The van der Waals surface area contributed by atoms with E-state index in [9.17, 15) is 43.2 Å². The van der Waals surface area contributed by atoms with Crippen molar-refractivity contribution in [3.8, 4) is 0 Å². The Kier molecular flexibility index (Phi) is 67.1. The molecule has 2 unspecified atom stereocenters. The average Bonchev–Trinajstić information content (AvgIpc) is 2.36. The van der Waals surface area contributed by atoms with Gasteiger partial charge in [-0.05, 0) is 25.7 Å². The quantitative estimate of drug-likeness (QED) is 0.0222. The maximum absolute atomic E-state index is 13.1. The number of ether oxygens (including phenoxy) is 4. The summed E-state index contributed by atoms with van der Waals surface area (Å²) in [6.45, 7) is 4.89. The summed E-state index contributed by atoms with van der Waals surface area (Å²) in [5, 5.41) is 10.6. The molecule has 552 valence electrons. The van der Waals surface area contributed by atoms with Crippen LogP contribution in [0.4, 0.5) is 0 Å². The van der Waals surface area contributed by atoms with Crippen LogP contribution in [0.25, 0.3) is 0 Å². The van der Waals surface area contributed by atoms with E-state index in [0.717, 1.165) is 96.3 Å². The van der Waals surface area contributed by atoms with Gasteiger partial charge >= 0.3 is 39.5 Å². The average molecular weight is 1370 g/mol.